The second-order valence-corrected chi connectivity index (χ2v) is 7.84. The Morgan fingerprint density at radius 3 is 2.19 bits per heavy atom. The van der Waals surface area contributed by atoms with Crippen LogP contribution in [0.25, 0.3) is 0 Å². The molecule has 0 atom stereocenters. The van der Waals surface area contributed by atoms with Gasteiger partial charge in [-0.15, -0.1) is 0 Å². The van der Waals surface area contributed by atoms with Gasteiger partial charge in [0.05, 0.1) is 11.9 Å². The summed E-state index contributed by atoms with van der Waals surface area (Å²) in [4.78, 5) is 23.8. The summed E-state index contributed by atoms with van der Waals surface area (Å²) in [5.74, 6) is -0.552. The normalized spacial score (nSPS) is 11.0. The molecule has 6 nitrogen and oxygen atoms in total. The van der Waals surface area contributed by atoms with E-state index in [2.05, 4.69) is 5.32 Å². The Morgan fingerprint density at radius 1 is 1.04 bits per heavy atom. The number of ketones is 1. The fraction of sp³-hybridized carbons (Fsp3) is 0.263. The SMILES string of the molecule is CCc1ccccc1NC(=O)CN(c1ccc(C(C)=O)cc1)S(C)(=O)=O. The molecule has 1 N–H and O–H groups in total. The molecule has 2 rings (SSSR count). The summed E-state index contributed by atoms with van der Waals surface area (Å²) < 4.78 is 25.3. The number of carbonyl (C=O) groups is 2. The summed E-state index contributed by atoms with van der Waals surface area (Å²) in [5.41, 5.74) is 2.44. The molecule has 138 valence electrons. The van der Waals surface area contributed by atoms with Gasteiger partial charge in [0.2, 0.25) is 15.9 Å². The van der Waals surface area contributed by atoms with E-state index in [1.165, 1.54) is 19.1 Å². The largest absolute Gasteiger partial charge is 0.324 e. The van der Waals surface area contributed by atoms with Crippen LogP contribution in [0.1, 0.15) is 29.8 Å². The Balaban J connectivity index is 2.23. The number of benzene rings is 2. The lowest BCUT2D eigenvalue weighted by Crippen LogP contribution is -2.37. The second kappa shape index (κ2) is 8.14. The number of nitrogens with one attached hydrogen (secondary N) is 1. The minimum Gasteiger partial charge on any atom is -0.324 e. The minimum absolute atomic E-state index is 0.114. The number of anilines is 2. The van der Waals surface area contributed by atoms with Gasteiger partial charge in [-0.1, -0.05) is 25.1 Å². The van der Waals surface area contributed by atoms with Crippen LogP contribution in [0, 0.1) is 0 Å². The highest BCUT2D eigenvalue weighted by atomic mass is 32.2. The van der Waals surface area contributed by atoms with Crippen molar-refractivity contribution in [3.05, 3.63) is 59.7 Å². The van der Waals surface area contributed by atoms with Crippen molar-refractivity contribution in [2.45, 2.75) is 20.3 Å². The summed E-state index contributed by atoms with van der Waals surface area (Å²) in [6, 6.07) is 13.5. The fourth-order valence-electron chi connectivity index (χ4n) is 2.53. The molecule has 2 aromatic carbocycles. The Hall–Kier alpha value is -2.67. The molecule has 0 saturated heterocycles. The molecule has 26 heavy (non-hydrogen) atoms. The zero-order valence-electron chi connectivity index (χ0n) is 15.0. The van der Waals surface area contributed by atoms with E-state index < -0.39 is 15.9 Å². The van der Waals surface area contributed by atoms with Crippen molar-refractivity contribution < 1.29 is 18.0 Å². The highest BCUT2D eigenvalue weighted by Crippen LogP contribution is 2.20. The van der Waals surface area contributed by atoms with Crippen molar-refractivity contribution in [1.82, 2.24) is 0 Å². The van der Waals surface area contributed by atoms with E-state index in [4.69, 9.17) is 0 Å². The van der Waals surface area contributed by atoms with Crippen molar-refractivity contribution in [3.8, 4) is 0 Å². The highest BCUT2D eigenvalue weighted by molar-refractivity contribution is 7.92. The van der Waals surface area contributed by atoms with Crippen molar-refractivity contribution in [2.75, 3.05) is 22.4 Å². The quantitative estimate of drug-likeness (QED) is 0.756. The van der Waals surface area contributed by atoms with Crippen LogP contribution in [-0.2, 0) is 21.2 Å². The van der Waals surface area contributed by atoms with E-state index in [-0.39, 0.29) is 12.3 Å². The first-order valence-electron chi connectivity index (χ1n) is 8.19. The first-order valence-corrected chi connectivity index (χ1v) is 10.0. The van der Waals surface area contributed by atoms with E-state index in [1.54, 1.807) is 18.2 Å². The Kier molecular flexibility index (Phi) is 6.15. The molecule has 0 aliphatic carbocycles. The highest BCUT2D eigenvalue weighted by Gasteiger charge is 2.21. The summed E-state index contributed by atoms with van der Waals surface area (Å²) in [6.45, 7) is 3.06. The van der Waals surface area contributed by atoms with Gasteiger partial charge in [-0.05, 0) is 49.2 Å². The Bertz CT molecular complexity index is 905. The smallest absolute Gasteiger partial charge is 0.245 e. The lowest BCUT2D eigenvalue weighted by molar-refractivity contribution is -0.114. The van der Waals surface area contributed by atoms with E-state index in [1.807, 2.05) is 25.1 Å². The van der Waals surface area contributed by atoms with Gasteiger partial charge in [-0.2, -0.15) is 0 Å². The van der Waals surface area contributed by atoms with E-state index in [0.717, 1.165) is 22.5 Å². The van der Waals surface area contributed by atoms with Crippen LogP contribution in [0.5, 0.6) is 0 Å². The van der Waals surface area contributed by atoms with Crippen LogP contribution in [0.3, 0.4) is 0 Å². The summed E-state index contributed by atoms with van der Waals surface area (Å²) in [5, 5.41) is 2.76. The van der Waals surface area contributed by atoms with Crippen LogP contribution in [-0.4, -0.2) is 32.9 Å². The predicted molar refractivity (Wildman–Crippen MR) is 103 cm³/mol. The molecule has 0 aromatic heterocycles. The zero-order chi connectivity index (χ0) is 19.3. The third-order valence-electron chi connectivity index (χ3n) is 3.92. The number of Topliss-reactive ketones (excluding diaryl/α,β-unsaturated/α-hetero) is 1. The molecule has 0 saturated carbocycles. The summed E-state index contributed by atoms with van der Waals surface area (Å²) in [6.07, 6.45) is 1.79. The second-order valence-electron chi connectivity index (χ2n) is 5.93. The molecule has 7 heteroatoms. The summed E-state index contributed by atoms with van der Waals surface area (Å²) >= 11 is 0. The first kappa shape index (κ1) is 19.7. The third kappa shape index (κ3) is 4.92. The van der Waals surface area contributed by atoms with Crippen LogP contribution in [0.15, 0.2) is 48.5 Å². The summed E-state index contributed by atoms with van der Waals surface area (Å²) in [7, 11) is -3.67. The van der Waals surface area contributed by atoms with Crippen molar-refractivity contribution in [1.29, 1.82) is 0 Å². The molecule has 0 heterocycles. The number of rotatable bonds is 7. The molecule has 0 spiro atoms. The van der Waals surface area contributed by atoms with Gasteiger partial charge < -0.3 is 5.32 Å². The Labute approximate surface area is 153 Å². The number of carbonyl (C=O) groups excluding carboxylic acids is 2. The van der Waals surface area contributed by atoms with Gasteiger partial charge in [0.1, 0.15) is 6.54 Å². The average molecular weight is 374 g/mol. The molecule has 0 aliphatic rings. The molecule has 0 unspecified atom stereocenters. The maximum absolute atomic E-state index is 12.4. The van der Waals surface area contributed by atoms with Crippen molar-refractivity contribution in [2.24, 2.45) is 0 Å². The van der Waals surface area contributed by atoms with E-state index in [0.29, 0.717) is 16.9 Å². The molecule has 0 aliphatic heterocycles. The molecule has 0 fully saturated rings. The van der Waals surface area contributed by atoms with E-state index >= 15 is 0 Å². The standard InChI is InChI=1S/C19H22N2O4S/c1-4-15-7-5-6-8-18(15)20-19(23)13-21(26(3,24)25)17-11-9-16(10-12-17)14(2)22/h5-12H,4,13H2,1-3H3,(H,20,23). The maximum atomic E-state index is 12.4. The number of sulfonamides is 1. The van der Waals surface area contributed by atoms with Gasteiger partial charge in [-0.3, -0.25) is 13.9 Å². The lowest BCUT2D eigenvalue weighted by Gasteiger charge is -2.22. The van der Waals surface area contributed by atoms with Gasteiger partial charge in [-0.25, -0.2) is 8.42 Å². The third-order valence-corrected chi connectivity index (χ3v) is 5.06. The van der Waals surface area contributed by atoms with Crippen LogP contribution in [0.4, 0.5) is 11.4 Å². The monoisotopic (exact) mass is 374 g/mol. The van der Waals surface area contributed by atoms with Gasteiger partial charge >= 0.3 is 0 Å². The van der Waals surface area contributed by atoms with Crippen LogP contribution >= 0.6 is 0 Å². The Morgan fingerprint density at radius 2 is 1.65 bits per heavy atom. The number of amides is 1. The number of nitrogens with zero attached hydrogens (tertiary/aromatic N) is 1. The number of aryl methyl sites for hydroxylation is 1. The van der Waals surface area contributed by atoms with Gasteiger partial charge in [0.25, 0.3) is 0 Å². The topological polar surface area (TPSA) is 83.6 Å². The lowest BCUT2D eigenvalue weighted by atomic mass is 10.1. The minimum atomic E-state index is -3.67. The van der Waals surface area contributed by atoms with Crippen molar-refractivity contribution in [3.63, 3.8) is 0 Å². The fourth-order valence-corrected chi connectivity index (χ4v) is 3.39. The van der Waals surface area contributed by atoms with Crippen LogP contribution < -0.4 is 9.62 Å². The number of para-hydroxylation sites is 1. The van der Waals surface area contributed by atoms with E-state index in [9.17, 15) is 18.0 Å². The molecule has 1 amide bonds. The number of hydrogen-bond donors (Lipinski definition) is 1. The van der Waals surface area contributed by atoms with Crippen LogP contribution in [0.2, 0.25) is 0 Å². The zero-order valence-corrected chi connectivity index (χ0v) is 15.8. The first-order chi connectivity index (χ1) is 12.2. The van der Waals surface area contributed by atoms with Crippen molar-refractivity contribution >= 4 is 33.1 Å². The molecule has 0 bridgehead atoms. The predicted octanol–water partition coefficient (Wildman–Crippen LogP) is 2.86. The van der Waals surface area contributed by atoms with Gasteiger partial charge in [0, 0.05) is 11.3 Å². The molecule has 2 aromatic rings. The maximum Gasteiger partial charge on any atom is 0.245 e. The molecular weight excluding hydrogens is 352 g/mol. The number of hydrogen-bond acceptors (Lipinski definition) is 4. The average Bonchev–Trinajstić information content (AvgIpc) is 2.59. The van der Waals surface area contributed by atoms with Gasteiger partial charge in [0.15, 0.2) is 5.78 Å². The molecule has 0 radical (unpaired) electrons. The molecular formula is C19H22N2O4S.